The summed E-state index contributed by atoms with van der Waals surface area (Å²) in [5.41, 5.74) is 4.32. The van der Waals surface area contributed by atoms with Crippen LogP contribution in [-0.4, -0.2) is 19.8 Å². The summed E-state index contributed by atoms with van der Waals surface area (Å²) in [4.78, 5) is 0. The number of hydrogen-bond acceptors (Lipinski definition) is 2. The Morgan fingerprint density at radius 3 is 2.68 bits per heavy atom. The van der Waals surface area contributed by atoms with Crippen LogP contribution in [0.25, 0.3) is 0 Å². The quantitative estimate of drug-likeness (QED) is 0.871. The van der Waals surface area contributed by atoms with Crippen LogP contribution in [0.5, 0.6) is 0 Å². The zero-order valence-corrected chi connectivity index (χ0v) is 12.5. The van der Waals surface area contributed by atoms with Gasteiger partial charge in [-0.05, 0) is 62.3 Å². The number of rotatable bonds is 5. The van der Waals surface area contributed by atoms with Gasteiger partial charge in [0, 0.05) is 19.3 Å². The molecule has 0 aromatic heterocycles. The van der Waals surface area contributed by atoms with E-state index in [-0.39, 0.29) is 0 Å². The maximum absolute atomic E-state index is 5.47. The van der Waals surface area contributed by atoms with Crippen LogP contribution in [0.4, 0.5) is 0 Å². The summed E-state index contributed by atoms with van der Waals surface area (Å²) in [6.07, 6.45) is 3.67. The van der Waals surface area contributed by atoms with E-state index in [9.17, 15) is 0 Å². The van der Waals surface area contributed by atoms with Gasteiger partial charge in [-0.15, -0.1) is 0 Å². The molecule has 0 saturated carbocycles. The minimum absolute atomic E-state index is 0.494. The number of ether oxygens (including phenoxy) is 1. The summed E-state index contributed by atoms with van der Waals surface area (Å²) in [5.74, 6) is 0.803. The summed E-state index contributed by atoms with van der Waals surface area (Å²) in [5, 5.41) is 3.67. The Morgan fingerprint density at radius 1 is 1.26 bits per heavy atom. The maximum Gasteiger partial charge on any atom is 0.0468 e. The lowest BCUT2D eigenvalue weighted by molar-refractivity contribution is 0.0605. The van der Waals surface area contributed by atoms with Crippen molar-refractivity contribution in [3.8, 4) is 0 Å². The van der Waals surface area contributed by atoms with Gasteiger partial charge in [-0.3, -0.25) is 0 Å². The molecule has 106 valence electrons. The molecule has 1 aliphatic rings. The van der Waals surface area contributed by atoms with Crippen molar-refractivity contribution in [2.45, 2.75) is 46.1 Å². The fourth-order valence-corrected chi connectivity index (χ4v) is 3.03. The van der Waals surface area contributed by atoms with Gasteiger partial charge in [0.2, 0.25) is 0 Å². The van der Waals surface area contributed by atoms with E-state index in [4.69, 9.17) is 4.74 Å². The molecular formula is C17H27NO. The van der Waals surface area contributed by atoms with Crippen molar-refractivity contribution in [3.63, 3.8) is 0 Å². The van der Waals surface area contributed by atoms with Crippen molar-refractivity contribution < 1.29 is 4.74 Å². The lowest BCUT2D eigenvalue weighted by Gasteiger charge is -2.28. The van der Waals surface area contributed by atoms with E-state index in [1.54, 1.807) is 0 Å². The van der Waals surface area contributed by atoms with Gasteiger partial charge >= 0.3 is 0 Å². The molecule has 1 atom stereocenters. The molecule has 1 fully saturated rings. The molecule has 2 heteroatoms. The first-order valence-corrected chi connectivity index (χ1v) is 7.59. The number of aryl methyl sites for hydroxylation is 1. The Hall–Kier alpha value is -0.860. The van der Waals surface area contributed by atoms with Crippen LogP contribution in [0.2, 0.25) is 0 Å². The van der Waals surface area contributed by atoms with Gasteiger partial charge in [-0.25, -0.2) is 0 Å². The van der Waals surface area contributed by atoms with Crippen LogP contribution >= 0.6 is 0 Å². The van der Waals surface area contributed by atoms with Crippen molar-refractivity contribution in [2.75, 3.05) is 19.8 Å². The highest BCUT2D eigenvalue weighted by molar-refractivity contribution is 5.35. The minimum Gasteiger partial charge on any atom is -0.381 e. The summed E-state index contributed by atoms with van der Waals surface area (Å²) in [6.45, 7) is 9.56. The predicted molar refractivity (Wildman–Crippen MR) is 80.5 cm³/mol. The van der Waals surface area contributed by atoms with Crippen molar-refractivity contribution in [1.82, 2.24) is 5.32 Å². The van der Waals surface area contributed by atoms with Crippen LogP contribution in [0.1, 0.15) is 48.9 Å². The second-order valence-corrected chi connectivity index (χ2v) is 5.69. The first kappa shape index (κ1) is 14.5. The third-order valence-corrected chi connectivity index (χ3v) is 4.38. The monoisotopic (exact) mass is 261 g/mol. The zero-order chi connectivity index (χ0) is 13.7. The lowest BCUT2D eigenvalue weighted by atomic mass is 9.87. The fourth-order valence-electron chi connectivity index (χ4n) is 3.03. The molecule has 0 radical (unpaired) electrons. The molecule has 1 aromatic carbocycles. The van der Waals surface area contributed by atoms with Crippen molar-refractivity contribution in [2.24, 2.45) is 5.92 Å². The topological polar surface area (TPSA) is 21.3 Å². The van der Waals surface area contributed by atoms with Gasteiger partial charge in [-0.2, -0.15) is 0 Å². The minimum atomic E-state index is 0.494. The number of hydrogen-bond donors (Lipinski definition) is 1. The van der Waals surface area contributed by atoms with Gasteiger partial charge < -0.3 is 10.1 Å². The molecule has 2 nitrogen and oxygen atoms in total. The third kappa shape index (κ3) is 3.80. The number of nitrogens with one attached hydrogen (secondary N) is 1. The summed E-state index contributed by atoms with van der Waals surface area (Å²) >= 11 is 0. The van der Waals surface area contributed by atoms with E-state index in [1.165, 1.54) is 36.0 Å². The maximum atomic E-state index is 5.47. The molecule has 0 amide bonds. The third-order valence-electron chi connectivity index (χ3n) is 4.38. The van der Waals surface area contributed by atoms with E-state index in [0.717, 1.165) is 25.7 Å². The van der Waals surface area contributed by atoms with Crippen molar-refractivity contribution in [1.29, 1.82) is 0 Å². The van der Waals surface area contributed by atoms with Gasteiger partial charge in [-0.1, -0.05) is 25.1 Å². The highest BCUT2D eigenvalue weighted by Gasteiger charge is 2.21. The average Bonchev–Trinajstić information content (AvgIpc) is 2.43. The molecule has 19 heavy (non-hydrogen) atoms. The van der Waals surface area contributed by atoms with Crippen LogP contribution in [0.15, 0.2) is 18.2 Å². The standard InChI is InChI=1S/C17H27NO/c1-4-18-17(12-15-8-10-19-11-9-15)16-7-5-6-13(2)14(16)3/h5-7,15,17-18H,4,8-12H2,1-3H3. The normalized spacial score (nSPS) is 18.5. The first-order valence-electron chi connectivity index (χ1n) is 7.59. The molecular weight excluding hydrogens is 234 g/mol. The predicted octanol–water partition coefficient (Wildman–Crippen LogP) is 3.77. The van der Waals surface area contributed by atoms with E-state index < -0.39 is 0 Å². The Balaban J connectivity index is 2.11. The molecule has 0 bridgehead atoms. The van der Waals surface area contributed by atoms with Crippen LogP contribution in [0.3, 0.4) is 0 Å². The zero-order valence-electron chi connectivity index (χ0n) is 12.5. The largest absolute Gasteiger partial charge is 0.381 e. The molecule has 1 aromatic rings. The molecule has 1 unspecified atom stereocenters. The first-order chi connectivity index (χ1) is 9.22. The van der Waals surface area contributed by atoms with Crippen molar-refractivity contribution >= 4 is 0 Å². The van der Waals surface area contributed by atoms with Crippen LogP contribution in [0, 0.1) is 19.8 Å². The second kappa shape index (κ2) is 7.06. The summed E-state index contributed by atoms with van der Waals surface area (Å²) in [7, 11) is 0. The van der Waals surface area contributed by atoms with E-state index in [2.05, 4.69) is 44.3 Å². The number of benzene rings is 1. The SMILES string of the molecule is CCNC(CC1CCOCC1)c1cccc(C)c1C. The fraction of sp³-hybridized carbons (Fsp3) is 0.647. The van der Waals surface area contributed by atoms with Gasteiger partial charge in [0.15, 0.2) is 0 Å². The van der Waals surface area contributed by atoms with Gasteiger partial charge in [0.1, 0.15) is 0 Å². The lowest BCUT2D eigenvalue weighted by Crippen LogP contribution is -2.27. The Kier molecular flexibility index (Phi) is 5.41. The smallest absolute Gasteiger partial charge is 0.0468 e. The molecule has 1 N–H and O–H groups in total. The van der Waals surface area contributed by atoms with E-state index in [0.29, 0.717) is 6.04 Å². The molecule has 0 spiro atoms. The Bertz CT molecular complexity index is 396. The highest BCUT2D eigenvalue weighted by atomic mass is 16.5. The molecule has 0 aliphatic carbocycles. The van der Waals surface area contributed by atoms with Crippen LogP contribution in [-0.2, 0) is 4.74 Å². The van der Waals surface area contributed by atoms with Crippen LogP contribution < -0.4 is 5.32 Å². The van der Waals surface area contributed by atoms with Gasteiger partial charge in [0.25, 0.3) is 0 Å². The Morgan fingerprint density at radius 2 is 2.00 bits per heavy atom. The van der Waals surface area contributed by atoms with Crippen molar-refractivity contribution in [3.05, 3.63) is 34.9 Å². The highest BCUT2D eigenvalue weighted by Crippen LogP contribution is 2.30. The van der Waals surface area contributed by atoms with E-state index >= 15 is 0 Å². The van der Waals surface area contributed by atoms with Gasteiger partial charge in [0.05, 0.1) is 0 Å². The van der Waals surface area contributed by atoms with E-state index in [1.807, 2.05) is 0 Å². The molecule has 2 rings (SSSR count). The summed E-state index contributed by atoms with van der Waals surface area (Å²) in [6, 6.07) is 7.17. The Labute approximate surface area is 117 Å². The average molecular weight is 261 g/mol. The summed E-state index contributed by atoms with van der Waals surface area (Å²) < 4.78 is 5.47. The molecule has 1 heterocycles. The second-order valence-electron chi connectivity index (χ2n) is 5.69. The molecule has 1 aliphatic heterocycles. The molecule has 1 saturated heterocycles.